The van der Waals surface area contributed by atoms with Crippen molar-refractivity contribution in [3.05, 3.63) is 45.9 Å². The number of H-pyrrole nitrogens is 1. The molecular weight excluding hydrogens is 272 g/mol. The Kier molecular flexibility index (Phi) is 4.16. The Morgan fingerprint density at radius 3 is 2.71 bits per heavy atom. The average Bonchev–Trinajstić information content (AvgIpc) is 2.76. The number of nitrogens with one attached hydrogen (secondary N) is 1. The molecular formula is C15H18N2O4. The topological polar surface area (TPSA) is 84.3 Å². The summed E-state index contributed by atoms with van der Waals surface area (Å²) in [6.45, 7) is 3.82. The SMILES string of the molecule is COc1cccc(-n2[nH]c(C(C)C)c(CC(=O)O)c2=O)c1. The molecule has 6 heteroatoms. The Morgan fingerprint density at radius 1 is 1.43 bits per heavy atom. The van der Waals surface area contributed by atoms with E-state index in [0.29, 0.717) is 22.7 Å². The van der Waals surface area contributed by atoms with Crippen LogP contribution in [0, 0.1) is 0 Å². The van der Waals surface area contributed by atoms with Gasteiger partial charge in [0.25, 0.3) is 5.56 Å². The number of rotatable bonds is 5. The third-order valence-corrected chi connectivity index (χ3v) is 3.24. The number of hydrogen-bond donors (Lipinski definition) is 2. The third-order valence-electron chi connectivity index (χ3n) is 3.24. The molecule has 0 radical (unpaired) electrons. The van der Waals surface area contributed by atoms with Crippen molar-refractivity contribution >= 4 is 5.97 Å². The van der Waals surface area contributed by atoms with E-state index in [4.69, 9.17) is 9.84 Å². The summed E-state index contributed by atoms with van der Waals surface area (Å²) in [5.74, 6) is -0.371. The summed E-state index contributed by atoms with van der Waals surface area (Å²) < 4.78 is 6.50. The highest BCUT2D eigenvalue weighted by Gasteiger charge is 2.19. The molecule has 0 saturated carbocycles. The maximum absolute atomic E-state index is 12.5. The normalized spacial score (nSPS) is 10.9. The molecule has 1 aromatic carbocycles. The number of carboxylic acid groups (broad SMARTS) is 1. The van der Waals surface area contributed by atoms with E-state index in [0.717, 1.165) is 0 Å². The Morgan fingerprint density at radius 2 is 2.14 bits per heavy atom. The fourth-order valence-electron chi connectivity index (χ4n) is 2.22. The van der Waals surface area contributed by atoms with Crippen molar-refractivity contribution in [2.45, 2.75) is 26.2 Å². The smallest absolute Gasteiger partial charge is 0.308 e. The predicted octanol–water partition coefficient (Wildman–Crippen LogP) is 1.92. The Labute approximate surface area is 122 Å². The van der Waals surface area contributed by atoms with Gasteiger partial charge in [-0.3, -0.25) is 14.7 Å². The minimum Gasteiger partial charge on any atom is -0.497 e. The van der Waals surface area contributed by atoms with Crippen LogP contribution in [-0.2, 0) is 11.2 Å². The van der Waals surface area contributed by atoms with Crippen LogP contribution in [0.1, 0.15) is 31.0 Å². The predicted molar refractivity (Wildman–Crippen MR) is 78.4 cm³/mol. The van der Waals surface area contributed by atoms with Gasteiger partial charge in [0, 0.05) is 11.8 Å². The number of aromatic nitrogens is 2. The molecule has 0 aliphatic carbocycles. The summed E-state index contributed by atoms with van der Waals surface area (Å²) in [7, 11) is 1.55. The lowest BCUT2D eigenvalue weighted by Crippen LogP contribution is -2.19. The van der Waals surface area contributed by atoms with E-state index < -0.39 is 5.97 Å². The first-order chi connectivity index (χ1) is 9.93. The molecule has 21 heavy (non-hydrogen) atoms. The molecule has 0 aliphatic rings. The summed E-state index contributed by atoms with van der Waals surface area (Å²) in [5.41, 5.74) is 1.21. The highest BCUT2D eigenvalue weighted by atomic mass is 16.5. The van der Waals surface area contributed by atoms with Gasteiger partial charge in [-0.05, 0) is 18.1 Å². The van der Waals surface area contributed by atoms with Crippen molar-refractivity contribution in [1.82, 2.24) is 9.78 Å². The lowest BCUT2D eigenvalue weighted by atomic mass is 10.0. The summed E-state index contributed by atoms with van der Waals surface area (Å²) in [6, 6.07) is 7.02. The Bertz CT molecular complexity index is 713. The van der Waals surface area contributed by atoms with Crippen LogP contribution in [0.3, 0.4) is 0 Å². The van der Waals surface area contributed by atoms with Crippen LogP contribution in [0.25, 0.3) is 5.69 Å². The fraction of sp³-hybridized carbons (Fsp3) is 0.333. The van der Waals surface area contributed by atoms with Crippen molar-refractivity contribution in [3.63, 3.8) is 0 Å². The first kappa shape index (κ1) is 14.9. The van der Waals surface area contributed by atoms with Gasteiger partial charge in [-0.1, -0.05) is 19.9 Å². The molecule has 0 amide bonds. The molecule has 1 aromatic heterocycles. The number of nitrogens with zero attached hydrogens (tertiary/aromatic N) is 1. The van der Waals surface area contributed by atoms with Crippen LogP contribution in [0.2, 0.25) is 0 Å². The number of benzene rings is 1. The number of carboxylic acids is 1. The van der Waals surface area contributed by atoms with Gasteiger partial charge in [-0.15, -0.1) is 0 Å². The Hall–Kier alpha value is -2.50. The molecule has 2 rings (SSSR count). The first-order valence-corrected chi connectivity index (χ1v) is 6.64. The van der Waals surface area contributed by atoms with E-state index in [9.17, 15) is 9.59 Å². The molecule has 0 atom stereocenters. The quantitative estimate of drug-likeness (QED) is 0.881. The number of aromatic amines is 1. The van der Waals surface area contributed by atoms with Gasteiger partial charge in [0.1, 0.15) is 5.75 Å². The van der Waals surface area contributed by atoms with Crippen LogP contribution in [0.15, 0.2) is 29.1 Å². The van der Waals surface area contributed by atoms with Crippen molar-refractivity contribution in [2.75, 3.05) is 7.11 Å². The van der Waals surface area contributed by atoms with Gasteiger partial charge in [-0.2, -0.15) is 0 Å². The van der Waals surface area contributed by atoms with Crippen LogP contribution < -0.4 is 10.3 Å². The molecule has 0 bridgehead atoms. The summed E-state index contributed by atoms with van der Waals surface area (Å²) in [6.07, 6.45) is -0.292. The van der Waals surface area contributed by atoms with Crippen molar-refractivity contribution < 1.29 is 14.6 Å². The van der Waals surface area contributed by atoms with Crippen LogP contribution in [-0.4, -0.2) is 28.0 Å². The molecule has 1 heterocycles. The lowest BCUT2D eigenvalue weighted by molar-refractivity contribution is -0.136. The van der Waals surface area contributed by atoms with E-state index in [1.165, 1.54) is 4.68 Å². The number of methoxy groups -OCH3 is 1. The number of ether oxygens (including phenoxy) is 1. The zero-order valence-electron chi connectivity index (χ0n) is 12.2. The number of hydrogen-bond acceptors (Lipinski definition) is 3. The molecule has 2 aromatic rings. The van der Waals surface area contributed by atoms with Gasteiger partial charge in [0.05, 0.1) is 24.8 Å². The summed E-state index contributed by atoms with van der Waals surface area (Å²) in [4.78, 5) is 23.4. The average molecular weight is 290 g/mol. The van der Waals surface area contributed by atoms with E-state index in [1.807, 2.05) is 13.8 Å². The summed E-state index contributed by atoms with van der Waals surface area (Å²) in [5, 5.41) is 12.0. The standard InChI is InChI=1S/C15H18N2O4/c1-9(2)14-12(8-13(18)19)15(20)17(16-14)10-5-4-6-11(7-10)21-3/h4-7,9,16H,8H2,1-3H3,(H,18,19). The largest absolute Gasteiger partial charge is 0.497 e. The minimum absolute atomic E-state index is 0.0268. The number of carbonyl (C=O) groups is 1. The van der Waals surface area contributed by atoms with Gasteiger partial charge in [0.15, 0.2) is 0 Å². The molecule has 0 saturated heterocycles. The third kappa shape index (κ3) is 2.99. The van der Waals surface area contributed by atoms with Crippen LogP contribution in [0.4, 0.5) is 0 Å². The van der Waals surface area contributed by atoms with Gasteiger partial charge >= 0.3 is 5.97 Å². The zero-order valence-corrected chi connectivity index (χ0v) is 12.2. The first-order valence-electron chi connectivity index (χ1n) is 6.64. The molecule has 0 unspecified atom stereocenters. The van der Waals surface area contributed by atoms with Crippen molar-refractivity contribution in [2.24, 2.45) is 0 Å². The highest BCUT2D eigenvalue weighted by Crippen LogP contribution is 2.19. The lowest BCUT2D eigenvalue weighted by Gasteiger charge is -2.06. The number of aliphatic carboxylic acids is 1. The zero-order chi connectivity index (χ0) is 15.6. The van der Waals surface area contributed by atoms with E-state index in [1.54, 1.807) is 31.4 Å². The minimum atomic E-state index is -1.02. The van der Waals surface area contributed by atoms with E-state index in [-0.39, 0.29) is 17.9 Å². The second-order valence-corrected chi connectivity index (χ2v) is 5.07. The molecule has 0 spiro atoms. The molecule has 112 valence electrons. The van der Waals surface area contributed by atoms with Crippen LogP contribution in [0.5, 0.6) is 5.75 Å². The fourth-order valence-corrected chi connectivity index (χ4v) is 2.22. The van der Waals surface area contributed by atoms with E-state index >= 15 is 0 Å². The second-order valence-electron chi connectivity index (χ2n) is 5.07. The molecule has 2 N–H and O–H groups in total. The maximum Gasteiger partial charge on any atom is 0.308 e. The summed E-state index contributed by atoms with van der Waals surface area (Å²) >= 11 is 0. The van der Waals surface area contributed by atoms with Crippen LogP contribution >= 0.6 is 0 Å². The molecule has 0 fully saturated rings. The van der Waals surface area contributed by atoms with Gasteiger partial charge < -0.3 is 9.84 Å². The monoisotopic (exact) mass is 290 g/mol. The second kappa shape index (κ2) is 5.87. The van der Waals surface area contributed by atoms with Gasteiger partial charge in [-0.25, -0.2) is 4.68 Å². The highest BCUT2D eigenvalue weighted by molar-refractivity contribution is 5.70. The van der Waals surface area contributed by atoms with Crippen molar-refractivity contribution in [3.8, 4) is 11.4 Å². The Balaban J connectivity index is 2.59. The van der Waals surface area contributed by atoms with E-state index in [2.05, 4.69) is 5.10 Å². The van der Waals surface area contributed by atoms with Crippen molar-refractivity contribution in [1.29, 1.82) is 0 Å². The maximum atomic E-state index is 12.5. The molecule has 6 nitrogen and oxygen atoms in total. The molecule has 0 aliphatic heterocycles. The van der Waals surface area contributed by atoms with Gasteiger partial charge in [0.2, 0.25) is 0 Å².